The molecule has 1 amide bonds. The number of allylic oxidation sites excluding steroid dienone is 1. The zero-order valence-electron chi connectivity index (χ0n) is 16.0. The molecule has 9 heteroatoms. The third kappa shape index (κ3) is 4.37. The van der Waals surface area contributed by atoms with Gasteiger partial charge in [0.2, 0.25) is 5.91 Å². The van der Waals surface area contributed by atoms with Gasteiger partial charge in [0.15, 0.2) is 5.82 Å². The smallest absolute Gasteiger partial charge is 0.294 e. The highest BCUT2D eigenvalue weighted by atomic mass is 35.5. The van der Waals surface area contributed by atoms with Crippen LogP contribution in [0, 0.1) is 15.9 Å². The molecule has 0 spiro atoms. The molecule has 2 aromatic rings. The number of benzene rings is 1. The Labute approximate surface area is 172 Å². The number of hydrogen-bond acceptors (Lipinski definition) is 5. The van der Waals surface area contributed by atoms with E-state index in [4.69, 9.17) is 11.6 Å². The van der Waals surface area contributed by atoms with Gasteiger partial charge in [-0.15, -0.1) is 0 Å². The predicted octanol–water partition coefficient (Wildman–Crippen LogP) is 3.79. The van der Waals surface area contributed by atoms with E-state index in [2.05, 4.69) is 4.98 Å². The number of nitrogens with zero attached hydrogens (tertiary/aromatic N) is 4. The summed E-state index contributed by atoms with van der Waals surface area (Å²) in [6.07, 6.45) is 1.49. The van der Waals surface area contributed by atoms with Crippen LogP contribution in [0.2, 0.25) is 5.15 Å². The number of carbonyl (C=O) groups is 1. The Hall–Kier alpha value is -3.00. The van der Waals surface area contributed by atoms with Crippen molar-refractivity contribution in [3.8, 4) is 0 Å². The molecule has 1 unspecified atom stereocenters. The van der Waals surface area contributed by atoms with Crippen molar-refractivity contribution in [1.82, 2.24) is 14.8 Å². The first-order valence-electron chi connectivity index (χ1n) is 9.07. The Balaban J connectivity index is 2.10. The van der Waals surface area contributed by atoms with Crippen LogP contribution in [-0.2, 0) is 11.3 Å². The molecule has 1 aromatic carbocycles. The number of pyridine rings is 1. The number of rotatable bonds is 6. The predicted molar refractivity (Wildman–Crippen MR) is 106 cm³/mol. The van der Waals surface area contributed by atoms with E-state index in [0.29, 0.717) is 23.8 Å². The molecule has 7 nitrogen and oxygen atoms in total. The maximum absolute atomic E-state index is 13.8. The molecule has 3 rings (SSSR count). The van der Waals surface area contributed by atoms with E-state index in [0.717, 1.165) is 5.56 Å². The second-order valence-electron chi connectivity index (χ2n) is 6.73. The van der Waals surface area contributed by atoms with E-state index >= 15 is 0 Å². The zero-order valence-corrected chi connectivity index (χ0v) is 16.8. The number of aromatic nitrogens is 1. The third-order valence-corrected chi connectivity index (χ3v) is 5.14. The highest BCUT2D eigenvalue weighted by Crippen LogP contribution is 2.37. The summed E-state index contributed by atoms with van der Waals surface area (Å²) in [5, 5.41) is 12.4. The SMILES string of the molecule is CCN(Cc1ccc(Cl)nc1)C1=C([N+](=O)[O-])C(c2cccc(F)c2)CC(=O)N1C. The summed E-state index contributed by atoms with van der Waals surface area (Å²) in [6, 6.07) is 9.01. The summed E-state index contributed by atoms with van der Waals surface area (Å²) in [5.41, 5.74) is 1.07. The lowest BCUT2D eigenvalue weighted by Gasteiger charge is -2.36. The van der Waals surface area contributed by atoms with E-state index < -0.39 is 16.7 Å². The first kappa shape index (κ1) is 20.7. The molecule has 1 aliphatic heterocycles. The summed E-state index contributed by atoms with van der Waals surface area (Å²) < 4.78 is 13.8. The fourth-order valence-electron chi connectivity index (χ4n) is 3.49. The van der Waals surface area contributed by atoms with Gasteiger partial charge in [-0.05, 0) is 36.2 Å². The second-order valence-corrected chi connectivity index (χ2v) is 7.12. The molecule has 1 atom stereocenters. The van der Waals surface area contributed by atoms with Crippen LogP contribution in [0.5, 0.6) is 0 Å². The quantitative estimate of drug-likeness (QED) is 0.405. The minimum atomic E-state index is -0.836. The van der Waals surface area contributed by atoms with E-state index in [-0.39, 0.29) is 23.8 Å². The van der Waals surface area contributed by atoms with E-state index in [1.165, 1.54) is 30.1 Å². The molecule has 0 N–H and O–H groups in total. The minimum Gasteiger partial charge on any atom is -0.348 e. The first-order chi connectivity index (χ1) is 13.8. The lowest BCUT2D eigenvalue weighted by atomic mass is 9.89. The van der Waals surface area contributed by atoms with Gasteiger partial charge < -0.3 is 4.90 Å². The monoisotopic (exact) mass is 418 g/mol. The molecule has 1 aliphatic rings. The summed E-state index contributed by atoms with van der Waals surface area (Å²) in [5.74, 6) is -1.40. The van der Waals surface area contributed by atoms with Crippen molar-refractivity contribution in [1.29, 1.82) is 0 Å². The standard InChI is InChI=1S/C20H20ClFN4O3/c1-3-25(12-13-7-8-17(21)23-11-13)20-19(26(28)29)16(10-18(27)24(20)2)14-5-4-6-15(22)9-14/h4-9,11,16H,3,10,12H2,1-2H3. The van der Waals surface area contributed by atoms with Gasteiger partial charge in [0.05, 0.1) is 10.8 Å². The Morgan fingerprint density at radius 1 is 1.38 bits per heavy atom. The molecular weight excluding hydrogens is 399 g/mol. The van der Waals surface area contributed by atoms with E-state index in [9.17, 15) is 19.3 Å². The molecule has 1 aromatic heterocycles. The van der Waals surface area contributed by atoms with Crippen molar-refractivity contribution in [3.63, 3.8) is 0 Å². The second kappa shape index (κ2) is 8.57. The van der Waals surface area contributed by atoms with Crippen molar-refractivity contribution in [2.24, 2.45) is 0 Å². The van der Waals surface area contributed by atoms with Gasteiger partial charge >= 0.3 is 0 Å². The van der Waals surface area contributed by atoms with Gasteiger partial charge in [0, 0.05) is 32.8 Å². The molecule has 29 heavy (non-hydrogen) atoms. The van der Waals surface area contributed by atoms with Crippen LogP contribution in [0.4, 0.5) is 4.39 Å². The van der Waals surface area contributed by atoms with Gasteiger partial charge in [0.25, 0.3) is 5.70 Å². The zero-order chi connectivity index (χ0) is 21.1. The van der Waals surface area contributed by atoms with Gasteiger partial charge in [-0.3, -0.25) is 19.8 Å². The molecule has 0 radical (unpaired) electrons. The number of amides is 1. The van der Waals surface area contributed by atoms with Gasteiger partial charge in [-0.2, -0.15) is 0 Å². The van der Waals surface area contributed by atoms with Crippen LogP contribution in [-0.4, -0.2) is 39.2 Å². The van der Waals surface area contributed by atoms with Crippen LogP contribution in [0.3, 0.4) is 0 Å². The highest BCUT2D eigenvalue weighted by molar-refractivity contribution is 6.29. The third-order valence-electron chi connectivity index (χ3n) is 4.92. The number of carbonyl (C=O) groups excluding carboxylic acids is 1. The fourth-order valence-corrected chi connectivity index (χ4v) is 3.60. The van der Waals surface area contributed by atoms with Crippen LogP contribution in [0.25, 0.3) is 0 Å². The Bertz CT molecular complexity index is 964. The molecule has 0 saturated carbocycles. The summed E-state index contributed by atoms with van der Waals surface area (Å²) >= 11 is 5.83. The largest absolute Gasteiger partial charge is 0.348 e. The molecule has 0 bridgehead atoms. The Kier molecular flexibility index (Phi) is 6.12. The molecule has 152 valence electrons. The first-order valence-corrected chi connectivity index (χ1v) is 9.45. The lowest BCUT2D eigenvalue weighted by Crippen LogP contribution is -2.43. The molecule has 0 aliphatic carbocycles. The van der Waals surface area contributed by atoms with Crippen molar-refractivity contribution in [2.45, 2.75) is 25.8 Å². The summed E-state index contributed by atoms with van der Waals surface area (Å²) in [4.78, 5) is 31.4. The minimum absolute atomic E-state index is 0.0974. The van der Waals surface area contributed by atoms with Crippen LogP contribution in [0.15, 0.2) is 54.1 Å². The van der Waals surface area contributed by atoms with Crippen LogP contribution >= 0.6 is 11.6 Å². The van der Waals surface area contributed by atoms with Crippen molar-refractivity contribution in [2.75, 3.05) is 13.6 Å². The van der Waals surface area contributed by atoms with Gasteiger partial charge in [-0.25, -0.2) is 9.37 Å². The van der Waals surface area contributed by atoms with Gasteiger partial charge in [-0.1, -0.05) is 29.8 Å². The molecule has 0 saturated heterocycles. The number of halogens is 2. The summed E-state index contributed by atoms with van der Waals surface area (Å²) in [7, 11) is 1.52. The average molecular weight is 419 g/mol. The summed E-state index contributed by atoms with van der Waals surface area (Å²) in [6.45, 7) is 2.57. The maximum atomic E-state index is 13.8. The topological polar surface area (TPSA) is 79.6 Å². The number of nitro groups is 1. The molecular formula is C20H20ClFN4O3. The Morgan fingerprint density at radius 3 is 2.72 bits per heavy atom. The van der Waals surface area contributed by atoms with Crippen molar-refractivity contribution >= 4 is 17.5 Å². The van der Waals surface area contributed by atoms with E-state index in [1.807, 2.05) is 6.92 Å². The normalized spacial score (nSPS) is 16.9. The van der Waals surface area contributed by atoms with E-state index in [1.54, 1.807) is 29.3 Å². The Morgan fingerprint density at radius 2 is 2.14 bits per heavy atom. The maximum Gasteiger partial charge on any atom is 0.294 e. The number of hydrogen-bond donors (Lipinski definition) is 0. The lowest BCUT2D eigenvalue weighted by molar-refractivity contribution is -0.434. The molecule has 0 fully saturated rings. The van der Waals surface area contributed by atoms with Crippen molar-refractivity contribution < 1.29 is 14.1 Å². The van der Waals surface area contributed by atoms with Crippen LogP contribution < -0.4 is 0 Å². The average Bonchev–Trinajstić information content (AvgIpc) is 2.69. The van der Waals surface area contributed by atoms with Crippen molar-refractivity contribution in [3.05, 3.63) is 86.3 Å². The fraction of sp³-hybridized carbons (Fsp3) is 0.300. The van der Waals surface area contributed by atoms with Gasteiger partial charge in [0.1, 0.15) is 11.0 Å². The highest BCUT2D eigenvalue weighted by Gasteiger charge is 2.42. The van der Waals surface area contributed by atoms with Crippen LogP contribution in [0.1, 0.15) is 30.4 Å². The molecule has 2 heterocycles.